The largest absolute Gasteiger partial charge is 0.493 e. The first kappa shape index (κ1) is 31.9. The molecule has 3 rings (SSSR count). The van der Waals surface area contributed by atoms with Crippen molar-refractivity contribution in [3.63, 3.8) is 0 Å². The topological polar surface area (TPSA) is 187 Å². The highest BCUT2D eigenvalue weighted by molar-refractivity contribution is 6.39. The van der Waals surface area contributed by atoms with Crippen molar-refractivity contribution < 1.29 is 42.6 Å². The van der Waals surface area contributed by atoms with Gasteiger partial charge in [-0.2, -0.15) is 5.10 Å². The number of carbonyl (C=O) groups is 5. The summed E-state index contributed by atoms with van der Waals surface area (Å²) in [6.07, 6.45) is 1.63. The van der Waals surface area contributed by atoms with E-state index < -0.39 is 29.6 Å². The quantitative estimate of drug-likeness (QED) is 0.105. The summed E-state index contributed by atoms with van der Waals surface area (Å²) in [5, 5.41) is 11.0. The highest BCUT2D eigenvalue weighted by atomic mass is 16.5. The number of anilines is 1. The molecule has 0 atom stereocenters. The molecule has 0 bridgehead atoms. The zero-order chi connectivity index (χ0) is 31.2. The molecular formula is C29H31N5O9. The van der Waals surface area contributed by atoms with Crippen molar-refractivity contribution in [2.45, 2.75) is 19.9 Å². The number of esters is 1. The van der Waals surface area contributed by atoms with Crippen LogP contribution < -0.4 is 30.8 Å². The predicted molar refractivity (Wildman–Crippen MR) is 154 cm³/mol. The van der Waals surface area contributed by atoms with Gasteiger partial charge in [-0.1, -0.05) is 6.07 Å². The van der Waals surface area contributed by atoms with Crippen molar-refractivity contribution in [2.75, 3.05) is 32.7 Å². The molecule has 226 valence electrons. The molecule has 0 aliphatic heterocycles. The molecule has 0 aliphatic carbocycles. The Labute approximate surface area is 246 Å². The van der Waals surface area contributed by atoms with Crippen LogP contribution in [0.25, 0.3) is 0 Å². The SMILES string of the molecule is CCOC(=O)c1ccc(NC(=O)C(=O)NCc2ccc(/C=N/NC(=O)C(=O)NCCc3ccc(OC)c(OC)c3)o2)cc1. The second-order valence-electron chi connectivity index (χ2n) is 8.63. The van der Waals surface area contributed by atoms with E-state index in [1.807, 2.05) is 6.07 Å². The lowest BCUT2D eigenvalue weighted by molar-refractivity contribution is -0.139. The summed E-state index contributed by atoms with van der Waals surface area (Å²) in [5.41, 5.74) is 3.61. The molecule has 0 radical (unpaired) electrons. The zero-order valence-electron chi connectivity index (χ0n) is 23.7. The Morgan fingerprint density at radius 1 is 0.837 bits per heavy atom. The number of benzene rings is 2. The third kappa shape index (κ3) is 9.74. The van der Waals surface area contributed by atoms with Gasteiger partial charge in [-0.25, -0.2) is 10.2 Å². The molecule has 0 unspecified atom stereocenters. The molecule has 0 saturated carbocycles. The molecular weight excluding hydrogens is 562 g/mol. The lowest BCUT2D eigenvalue weighted by Gasteiger charge is -2.09. The molecule has 14 nitrogen and oxygen atoms in total. The van der Waals surface area contributed by atoms with E-state index in [1.165, 1.54) is 56.8 Å². The van der Waals surface area contributed by atoms with Crippen LogP contribution in [0, 0.1) is 0 Å². The Morgan fingerprint density at radius 2 is 1.56 bits per heavy atom. The molecule has 1 aromatic heterocycles. The lowest BCUT2D eigenvalue weighted by atomic mass is 10.1. The standard InChI is InChI=1S/C29H31N5O9/c1-4-42-29(39)19-6-8-20(9-7-19)33-27(37)25(35)31-16-21-10-11-22(43-21)17-32-34-28(38)26(36)30-14-13-18-5-12-23(40-2)24(15-18)41-3/h5-12,15,17H,4,13-14,16H2,1-3H3,(H,30,36)(H,31,35)(H,33,37)(H,34,38)/b32-17+. The van der Waals surface area contributed by atoms with Crippen LogP contribution in [0.15, 0.2) is 64.1 Å². The number of carbonyl (C=O) groups excluding carboxylic acids is 5. The molecule has 0 fully saturated rings. The number of nitrogens with one attached hydrogen (secondary N) is 4. The summed E-state index contributed by atoms with van der Waals surface area (Å²) in [6, 6.07) is 14.3. The average Bonchev–Trinajstić information content (AvgIpc) is 3.47. The summed E-state index contributed by atoms with van der Waals surface area (Å²) in [4.78, 5) is 60.0. The fraction of sp³-hybridized carbons (Fsp3) is 0.241. The molecule has 0 aliphatic rings. The van der Waals surface area contributed by atoms with Crippen molar-refractivity contribution in [3.05, 3.63) is 77.2 Å². The molecule has 43 heavy (non-hydrogen) atoms. The van der Waals surface area contributed by atoms with Crippen LogP contribution in [0.4, 0.5) is 5.69 Å². The van der Waals surface area contributed by atoms with Gasteiger partial charge in [-0.3, -0.25) is 19.2 Å². The zero-order valence-corrected chi connectivity index (χ0v) is 23.7. The molecule has 1 heterocycles. The normalized spacial score (nSPS) is 10.5. The molecule has 4 N–H and O–H groups in total. The summed E-state index contributed by atoms with van der Waals surface area (Å²) >= 11 is 0. The molecule has 0 saturated heterocycles. The van der Waals surface area contributed by atoms with Crippen LogP contribution in [0.3, 0.4) is 0 Å². The molecule has 3 aromatic rings. The van der Waals surface area contributed by atoms with Gasteiger partial charge in [-0.05, 0) is 67.4 Å². The van der Waals surface area contributed by atoms with Crippen molar-refractivity contribution in [1.82, 2.24) is 16.1 Å². The van der Waals surface area contributed by atoms with Crippen LogP contribution >= 0.6 is 0 Å². The van der Waals surface area contributed by atoms with E-state index in [9.17, 15) is 24.0 Å². The van der Waals surface area contributed by atoms with E-state index >= 15 is 0 Å². The first-order valence-corrected chi connectivity index (χ1v) is 13.0. The Hall–Kier alpha value is -5.66. The van der Waals surface area contributed by atoms with Crippen LogP contribution in [0.2, 0.25) is 0 Å². The number of hydrogen-bond donors (Lipinski definition) is 4. The average molecular weight is 594 g/mol. The molecule has 0 spiro atoms. The van der Waals surface area contributed by atoms with E-state index in [4.69, 9.17) is 18.6 Å². The first-order valence-electron chi connectivity index (χ1n) is 13.0. The van der Waals surface area contributed by atoms with Gasteiger partial charge in [0.05, 0.1) is 39.1 Å². The Morgan fingerprint density at radius 3 is 2.26 bits per heavy atom. The minimum absolute atomic E-state index is 0.100. The number of rotatable bonds is 12. The Bertz CT molecular complexity index is 1480. The van der Waals surface area contributed by atoms with Crippen molar-refractivity contribution in [3.8, 4) is 11.5 Å². The van der Waals surface area contributed by atoms with Gasteiger partial charge < -0.3 is 34.6 Å². The maximum Gasteiger partial charge on any atom is 0.338 e. The second-order valence-corrected chi connectivity index (χ2v) is 8.63. The number of hydrazone groups is 1. The summed E-state index contributed by atoms with van der Waals surface area (Å²) in [7, 11) is 3.06. The first-order chi connectivity index (χ1) is 20.7. The lowest BCUT2D eigenvalue weighted by Crippen LogP contribution is -2.38. The van der Waals surface area contributed by atoms with Crippen molar-refractivity contribution >= 4 is 41.5 Å². The van der Waals surface area contributed by atoms with Crippen LogP contribution in [-0.4, -0.2) is 63.2 Å². The van der Waals surface area contributed by atoms with Crippen molar-refractivity contribution in [1.29, 1.82) is 0 Å². The number of amides is 4. The van der Waals surface area contributed by atoms with E-state index in [-0.39, 0.29) is 25.5 Å². The summed E-state index contributed by atoms with van der Waals surface area (Å²) in [6.45, 7) is 2.03. The van der Waals surface area contributed by atoms with Gasteiger partial charge in [-0.15, -0.1) is 0 Å². The van der Waals surface area contributed by atoms with Gasteiger partial charge in [0.15, 0.2) is 11.5 Å². The number of methoxy groups -OCH3 is 2. The van der Waals surface area contributed by atoms with Crippen molar-refractivity contribution in [2.24, 2.45) is 5.10 Å². The van der Waals surface area contributed by atoms with Gasteiger partial charge >= 0.3 is 29.6 Å². The number of ether oxygens (including phenoxy) is 3. The number of hydrogen-bond acceptors (Lipinski definition) is 10. The Balaban J connectivity index is 1.38. The molecule has 14 heteroatoms. The maximum absolute atomic E-state index is 12.2. The third-order valence-corrected chi connectivity index (χ3v) is 5.68. The Kier molecular flexibility index (Phi) is 11.8. The second kappa shape index (κ2) is 16.0. The van der Waals surface area contributed by atoms with E-state index in [0.717, 1.165) is 5.56 Å². The smallest absolute Gasteiger partial charge is 0.338 e. The fourth-order valence-electron chi connectivity index (χ4n) is 3.54. The van der Waals surface area contributed by atoms with Gasteiger partial charge in [0.1, 0.15) is 11.5 Å². The van der Waals surface area contributed by atoms with E-state index in [0.29, 0.717) is 34.9 Å². The predicted octanol–water partition coefficient (Wildman–Crippen LogP) is 1.54. The minimum atomic E-state index is -0.968. The van der Waals surface area contributed by atoms with Gasteiger partial charge in [0, 0.05) is 12.2 Å². The van der Waals surface area contributed by atoms with Crippen LogP contribution in [-0.2, 0) is 36.9 Å². The summed E-state index contributed by atoms with van der Waals surface area (Å²) in [5.74, 6) is -2.48. The highest BCUT2D eigenvalue weighted by Crippen LogP contribution is 2.27. The van der Waals surface area contributed by atoms with E-state index in [2.05, 4.69) is 26.5 Å². The third-order valence-electron chi connectivity index (χ3n) is 5.68. The monoisotopic (exact) mass is 593 g/mol. The summed E-state index contributed by atoms with van der Waals surface area (Å²) < 4.78 is 20.8. The maximum atomic E-state index is 12.2. The number of furan rings is 1. The fourth-order valence-corrected chi connectivity index (χ4v) is 3.54. The molecule has 2 aromatic carbocycles. The highest BCUT2D eigenvalue weighted by Gasteiger charge is 2.15. The van der Waals surface area contributed by atoms with Crippen LogP contribution in [0.5, 0.6) is 11.5 Å². The van der Waals surface area contributed by atoms with E-state index in [1.54, 1.807) is 19.1 Å². The molecule has 4 amide bonds. The van der Waals surface area contributed by atoms with Gasteiger partial charge in [0.25, 0.3) is 0 Å². The van der Waals surface area contributed by atoms with Crippen LogP contribution in [0.1, 0.15) is 34.4 Å². The number of nitrogens with zero attached hydrogens (tertiary/aromatic N) is 1. The van der Waals surface area contributed by atoms with Gasteiger partial charge in [0.2, 0.25) is 0 Å². The minimum Gasteiger partial charge on any atom is -0.493 e.